The van der Waals surface area contributed by atoms with Crippen LogP contribution in [0.1, 0.15) is 51.0 Å². The van der Waals surface area contributed by atoms with Gasteiger partial charge in [0.25, 0.3) is 10.0 Å². The maximum absolute atomic E-state index is 14.1. The molecule has 1 aliphatic rings. The predicted octanol–water partition coefficient (Wildman–Crippen LogP) is 6.07. The molecule has 1 N–H and O–H groups in total. The third-order valence-electron chi connectivity index (χ3n) is 7.40. The molecule has 0 aromatic heterocycles. The quantitative estimate of drug-likeness (QED) is 0.283. The summed E-state index contributed by atoms with van der Waals surface area (Å²) in [4.78, 5) is 28.9. The van der Waals surface area contributed by atoms with Crippen LogP contribution >= 0.6 is 11.6 Å². The molecule has 1 saturated carbocycles. The van der Waals surface area contributed by atoms with E-state index in [0.717, 1.165) is 48.5 Å². The lowest BCUT2D eigenvalue weighted by molar-refractivity contribution is -0.140. The van der Waals surface area contributed by atoms with Gasteiger partial charge in [0.1, 0.15) is 24.2 Å². The number of rotatable bonds is 11. The summed E-state index contributed by atoms with van der Waals surface area (Å²) in [5.41, 5.74) is 0.552. The number of hydrogen-bond donors (Lipinski definition) is 1. The minimum Gasteiger partial charge on any atom is -0.352 e. The fourth-order valence-corrected chi connectivity index (χ4v) is 6.74. The van der Waals surface area contributed by atoms with E-state index in [1.807, 2.05) is 0 Å². The highest BCUT2D eigenvalue weighted by Crippen LogP contribution is 2.28. The van der Waals surface area contributed by atoms with Crippen molar-refractivity contribution < 1.29 is 26.8 Å². The standard InChI is InChI=1S/C31H34ClF2N3O4S/c1-2-29(31(39)35-24-9-5-3-6-10-24)36(20-22-13-15-23(33)16-14-22)30(38)21-37(25-17-18-28(34)27(32)19-25)42(40,41)26-11-7-4-8-12-26/h4,7-8,11-19,24,29H,2-3,5-6,9-10,20-21H2,1H3,(H,35,39)/t29-/m1/s1. The number of hydrogen-bond acceptors (Lipinski definition) is 4. The van der Waals surface area contributed by atoms with Crippen molar-refractivity contribution in [1.82, 2.24) is 10.2 Å². The number of sulfonamides is 1. The first kappa shape index (κ1) is 31.4. The summed E-state index contributed by atoms with van der Waals surface area (Å²) in [5.74, 6) is -2.19. The van der Waals surface area contributed by atoms with E-state index in [4.69, 9.17) is 11.6 Å². The zero-order valence-electron chi connectivity index (χ0n) is 23.3. The van der Waals surface area contributed by atoms with Crippen molar-refractivity contribution in [1.29, 1.82) is 0 Å². The summed E-state index contributed by atoms with van der Waals surface area (Å²) in [5, 5.41) is 2.76. The van der Waals surface area contributed by atoms with Gasteiger partial charge in [-0.3, -0.25) is 13.9 Å². The van der Waals surface area contributed by atoms with Crippen molar-refractivity contribution in [2.45, 2.75) is 69.0 Å². The van der Waals surface area contributed by atoms with Gasteiger partial charge in [0.2, 0.25) is 11.8 Å². The Morgan fingerprint density at radius 2 is 1.64 bits per heavy atom. The van der Waals surface area contributed by atoms with E-state index >= 15 is 0 Å². The Kier molecular flexibility index (Phi) is 10.6. The monoisotopic (exact) mass is 617 g/mol. The van der Waals surface area contributed by atoms with Crippen molar-refractivity contribution in [3.05, 3.63) is 95.0 Å². The van der Waals surface area contributed by atoms with Gasteiger partial charge in [-0.25, -0.2) is 17.2 Å². The zero-order chi connectivity index (χ0) is 30.3. The number of nitrogens with one attached hydrogen (secondary N) is 1. The smallest absolute Gasteiger partial charge is 0.264 e. The average Bonchev–Trinajstić information content (AvgIpc) is 2.99. The molecule has 4 rings (SSSR count). The second-order valence-electron chi connectivity index (χ2n) is 10.3. The molecule has 0 spiro atoms. The Labute approximate surface area is 250 Å². The molecule has 3 aromatic carbocycles. The number of nitrogens with zero attached hydrogens (tertiary/aromatic N) is 2. The van der Waals surface area contributed by atoms with Gasteiger partial charge in [-0.2, -0.15) is 0 Å². The van der Waals surface area contributed by atoms with E-state index < -0.39 is 40.2 Å². The van der Waals surface area contributed by atoms with Gasteiger partial charge >= 0.3 is 0 Å². The van der Waals surface area contributed by atoms with Crippen molar-refractivity contribution in [2.75, 3.05) is 10.8 Å². The summed E-state index contributed by atoms with van der Waals surface area (Å²) < 4.78 is 56.2. The topological polar surface area (TPSA) is 86.8 Å². The molecule has 224 valence electrons. The molecule has 1 aliphatic carbocycles. The molecule has 11 heteroatoms. The molecule has 0 bridgehead atoms. The molecular formula is C31H34ClF2N3O4S. The fraction of sp³-hybridized carbons (Fsp3) is 0.355. The van der Waals surface area contributed by atoms with Gasteiger partial charge in [0.05, 0.1) is 15.6 Å². The number of benzene rings is 3. The Balaban J connectivity index is 1.71. The van der Waals surface area contributed by atoms with Crippen molar-refractivity contribution in [3.8, 4) is 0 Å². The SMILES string of the molecule is CC[C@H](C(=O)NC1CCCCC1)N(Cc1ccc(F)cc1)C(=O)CN(c1ccc(F)c(Cl)c1)S(=O)(=O)c1ccccc1. The summed E-state index contributed by atoms with van der Waals surface area (Å²) in [6.07, 6.45) is 5.08. The maximum atomic E-state index is 14.1. The fourth-order valence-electron chi connectivity index (χ4n) is 5.14. The van der Waals surface area contributed by atoms with Crippen LogP contribution < -0.4 is 9.62 Å². The third kappa shape index (κ3) is 7.66. The lowest BCUT2D eigenvalue weighted by Gasteiger charge is -2.34. The highest BCUT2D eigenvalue weighted by Gasteiger charge is 2.34. The van der Waals surface area contributed by atoms with Gasteiger partial charge in [-0.15, -0.1) is 0 Å². The maximum Gasteiger partial charge on any atom is 0.264 e. The second-order valence-corrected chi connectivity index (χ2v) is 12.6. The third-order valence-corrected chi connectivity index (χ3v) is 9.48. The van der Waals surface area contributed by atoms with E-state index in [1.54, 1.807) is 25.1 Å². The lowest BCUT2D eigenvalue weighted by atomic mass is 9.95. The van der Waals surface area contributed by atoms with Crippen molar-refractivity contribution >= 4 is 39.1 Å². The molecule has 42 heavy (non-hydrogen) atoms. The van der Waals surface area contributed by atoms with Crippen LogP contribution in [-0.4, -0.2) is 43.8 Å². The summed E-state index contributed by atoms with van der Waals surface area (Å²) >= 11 is 6.00. The average molecular weight is 618 g/mol. The molecule has 0 saturated heterocycles. The van der Waals surface area contributed by atoms with Crippen LogP contribution in [0.5, 0.6) is 0 Å². The van der Waals surface area contributed by atoms with Crippen LogP contribution in [0.15, 0.2) is 77.7 Å². The van der Waals surface area contributed by atoms with Crippen LogP contribution in [0.25, 0.3) is 0 Å². The molecular weight excluding hydrogens is 584 g/mol. The molecule has 7 nitrogen and oxygen atoms in total. The normalized spacial score (nSPS) is 14.7. The first-order valence-electron chi connectivity index (χ1n) is 14.0. The van der Waals surface area contributed by atoms with Gasteiger partial charge in [-0.1, -0.05) is 68.1 Å². The largest absolute Gasteiger partial charge is 0.352 e. The minimum absolute atomic E-state index is 0.000567. The summed E-state index contributed by atoms with van der Waals surface area (Å²) in [7, 11) is -4.31. The van der Waals surface area contributed by atoms with Crippen LogP contribution in [0.2, 0.25) is 5.02 Å². The van der Waals surface area contributed by atoms with E-state index in [-0.39, 0.29) is 40.5 Å². The minimum atomic E-state index is -4.31. The van der Waals surface area contributed by atoms with Crippen LogP contribution in [0.3, 0.4) is 0 Å². The summed E-state index contributed by atoms with van der Waals surface area (Å²) in [6.45, 7) is 1.03. The van der Waals surface area contributed by atoms with E-state index in [1.165, 1.54) is 47.4 Å². The summed E-state index contributed by atoms with van der Waals surface area (Å²) in [6, 6.07) is 15.6. The van der Waals surface area contributed by atoms with Gasteiger partial charge in [0, 0.05) is 12.6 Å². The molecule has 3 aromatic rings. The Morgan fingerprint density at radius 1 is 0.976 bits per heavy atom. The van der Waals surface area contributed by atoms with Crippen LogP contribution in [0.4, 0.5) is 14.5 Å². The van der Waals surface area contributed by atoms with Gasteiger partial charge in [0.15, 0.2) is 0 Å². The first-order valence-corrected chi connectivity index (χ1v) is 15.8. The molecule has 0 radical (unpaired) electrons. The number of halogens is 3. The van der Waals surface area contributed by atoms with E-state index in [9.17, 15) is 26.8 Å². The molecule has 2 amide bonds. The first-order chi connectivity index (χ1) is 20.1. The highest BCUT2D eigenvalue weighted by molar-refractivity contribution is 7.92. The van der Waals surface area contributed by atoms with Crippen molar-refractivity contribution in [3.63, 3.8) is 0 Å². The number of carbonyl (C=O) groups is 2. The lowest BCUT2D eigenvalue weighted by Crippen LogP contribution is -2.54. The van der Waals surface area contributed by atoms with Gasteiger partial charge in [-0.05, 0) is 67.3 Å². The molecule has 0 unspecified atom stereocenters. The zero-order valence-corrected chi connectivity index (χ0v) is 24.9. The predicted molar refractivity (Wildman–Crippen MR) is 158 cm³/mol. The van der Waals surface area contributed by atoms with E-state index in [0.29, 0.717) is 5.56 Å². The van der Waals surface area contributed by atoms with Gasteiger partial charge < -0.3 is 10.2 Å². The van der Waals surface area contributed by atoms with E-state index in [2.05, 4.69) is 5.32 Å². The molecule has 0 aliphatic heterocycles. The van der Waals surface area contributed by atoms with Crippen molar-refractivity contribution in [2.24, 2.45) is 0 Å². The highest BCUT2D eigenvalue weighted by atomic mass is 35.5. The number of amides is 2. The Morgan fingerprint density at radius 3 is 2.26 bits per heavy atom. The van der Waals surface area contributed by atoms with Crippen LogP contribution in [-0.2, 0) is 26.2 Å². The Bertz CT molecular complexity index is 1480. The molecule has 1 atom stereocenters. The number of anilines is 1. The Hall–Kier alpha value is -3.50. The van der Waals surface area contributed by atoms with Crippen LogP contribution in [0, 0.1) is 11.6 Å². The second kappa shape index (κ2) is 14.1. The molecule has 1 fully saturated rings. The number of carbonyl (C=O) groups excluding carboxylic acids is 2. The molecule has 0 heterocycles.